The fourth-order valence-electron chi connectivity index (χ4n) is 4.18. The summed E-state index contributed by atoms with van der Waals surface area (Å²) in [5.41, 5.74) is 5.17. The third kappa shape index (κ3) is 3.88. The molecule has 0 spiro atoms. The largest absolute Gasteiger partial charge is 0.496 e. The highest BCUT2D eigenvalue weighted by Gasteiger charge is 2.31. The number of pyridine rings is 1. The number of aryl methyl sites for hydroxylation is 1. The lowest BCUT2D eigenvalue weighted by Crippen LogP contribution is -2.39. The summed E-state index contributed by atoms with van der Waals surface area (Å²) in [6.07, 6.45) is 8.88. The van der Waals surface area contributed by atoms with Gasteiger partial charge in [0.25, 0.3) is 0 Å². The number of nitrogens with one attached hydrogen (secondary N) is 1. The van der Waals surface area contributed by atoms with Crippen LogP contribution in [0.25, 0.3) is 11.1 Å². The molecule has 1 aromatic carbocycles. The third-order valence-electron chi connectivity index (χ3n) is 5.67. The molecule has 1 atom stereocenters. The fraction of sp³-hybridized carbons (Fsp3) is 0.348. The molecular weight excluding hydrogens is 364 g/mol. The zero-order valence-corrected chi connectivity index (χ0v) is 16.9. The highest BCUT2D eigenvalue weighted by atomic mass is 16.5. The molecule has 0 radical (unpaired) electrons. The van der Waals surface area contributed by atoms with E-state index in [1.807, 2.05) is 54.5 Å². The van der Waals surface area contributed by atoms with Crippen molar-refractivity contribution in [2.45, 2.75) is 38.6 Å². The van der Waals surface area contributed by atoms with E-state index in [9.17, 15) is 4.79 Å². The number of hydrogen-bond donors (Lipinski definition) is 1. The van der Waals surface area contributed by atoms with Crippen molar-refractivity contribution in [3.8, 4) is 16.9 Å². The van der Waals surface area contributed by atoms with E-state index in [-0.39, 0.29) is 11.9 Å². The summed E-state index contributed by atoms with van der Waals surface area (Å²) >= 11 is 0. The molecule has 3 aromatic rings. The highest BCUT2D eigenvalue weighted by Crippen LogP contribution is 2.37. The van der Waals surface area contributed by atoms with Crippen molar-refractivity contribution in [2.75, 3.05) is 13.7 Å². The van der Waals surface area contributed by atoms with Gasteiger partial charge in [-0.1, -0.05) is 18.2 Å². The lowest BCUT2D eigenvalue weighted by Gasteiger charge is -2.36. The van der Waals surface area contributed by atoms with Gasteiger partial charge < -0.3 is 9.64 Å². The zero-order chi connectivity index (χ0) is 20.2. The van der Waals surface area contributed by atoms with E-state index in [4.69, 9.17) is 4.74 Å². The van der Waals surface area contributed by atoms with Crippen LogP contribution in [-0.4, -0.2) is 39.6 Å². The predicted octanol–water partition coefficient (Wildman–Crippen LogP) is 4.09. The summed E-state index contributed by atoms with van der Waals surface area (Å²) in [6.45, 7) is 2.80. The van der Waals surface area contributed by atoms with E-state index in [1.54, 1.807) is 13.3 Å². The van der Waals surface area contributed by atoms with Gasteiger partial charge in [-0.05, 0) is 49.4 Å². The van der Waals surface area contributed by atoms with Gasteiger partial charge in [0.2, 0.25) is 5.91 Å². The number of likely N-dealkylation sites (tertiary alicyclic amines) is 1. The Hall–Kier alpha value is -3.15. The minimum absolute atomic E-state index is 0.00368. The van der Waals surface area contributed by atoms with Crippen LogP contribution >= 0.6 is 0 Å². The predicted molar refractivity (Wildman–Crippen MR) is 112 cm³/mol. The minimum Gasteiger partial charge on any atom is -0.496 e. The van der Waals surface area contributed by atoms with Gasteiger partial charge in [-0.2, -0.15) is 5.10 Å². The summed E-state index contributed by atoms with van der Waals surface area (Å²) < 4.78 is 5.43. The quantitative estimate of drug-likeness (QED) is 0.712. The van der Waals surface area contributed by atoms with Crippen LogP contribution in [0.1, 0.15) is 42.1 Å². The number of carbonyl (C=O) groups is 1. The van der Waals surface area contributed by atoms with Crippen molar-refractivity contribution >= 4 is 5.91 Å². The lowest BCUT2D eigenvalue weighted by molar-refractivity contribution is -0.134. The summed E-state index contributed by atoms with van der Waals surface area (Å²) in [5.74, 6) is 0.871. The van der Waals surface area contributed by atoms with Gasteiger partial charge in [0, 0.05) is 30.1 Å². The number of ether oxygens (including phenoxy) is 1. The first-order chi connectivity index (χ1) is 14.2. The monoisotopic (exact) mass is 390 g/mol. The van der Waals surface area contributed by atoms with Crippen molar-refractivity contribution < 1.29 is 9.53 Å². The van der Waals surface area contributed by atoms with Crippen LogP contribution in [0.5, 0.6) is 5.75 Å². The molecule has 4 rings (SSSR count). The van der Waals surface area contributed by atoms with Crippen LogP contribution < -0.4 is 4.74 Å². The first-order valence-electron chi connectivity index (χ1n) is 10.0. The Bertz CT molecular complexity index is 998. The van der Waals surface area contributed by atoms with E-state index in [2.05, 4.69) is 15.2 Å². The minimum atomic E-state index is -0.00368. The Labute approximate surface area is 170 Å². The van der Waals surface area contributed by atoms with E-state index in [1.165, 1.54) is 0 Å². The number of H-pyrrole nitrogens is 1. The van der Waals surface area contributed by atoms with Gasteiger partial charge in [-0.3, -0.25) is 14.9 Å². The summed E-state index contributed by atoms with van der Waals surface area (Å²) in [4.78, 5) is 19.5. The van der Waals surface area contributed by atoms with Gasteiger partial charge >= 0.3 is 0 Å². The molecule has 0 bridgehead atoms. The molecule has 1 aliphatic heterocycles. The molecule has 0 aliphatic carbocycles. The first kappa shape index (κ1) is 19.2. The van der Waals surface area contributed by atoms with Crippen LogP contribution in [0.15, 0.2) is 48.9 Å². The van der Waals surface area contributed by atoms with Crippen molar-refractivity contribution in [1.29, 1.82) is 0 Å². The van der Waals surface area contributed by atoms with Gasteiger partial charge in [-0.15, -0.1) is 0 Å². The Balaban J connectivity index is 1.63. The zero-order valence-electron chi connectivity index (χ0n) is 16.9. The van der Waals surface area contributed by atoms with Gasteiger partial charge in [0.1, 0.15) is 5.75 Å². The maximum absolute atomic E-state index is 13.3. The second-order valence-corrected chi connectivity index (χ2v) is 7.48. The summed E-state index contributed by atoms with van der Waals surface area (Å²) in [5, 5.41) is 7.50. The van der Waals surface area contributed by atoms with E-state index in [0.29, 0.717) is 6.42 Å². The van der Waals surface area contributed by atoms with Crippen LogP contribution in [-0.2, 0) is 11.2 Å². The van der Waals surface area contributed by atoms with E-state index in [0.717, 1.165) is 59.5 Å². The topological polar surface area (TPSA) is 71.1 Å². The smallest absolute Gasteiger partial charge is 0.227 e. The molecule has 1 aliphatic rings. The number of aromatic amines is 1. The molecule has 29 heavy (non-hydrogen) atoms. The second kappa shape index (κ2) is 8.47. The first-order valence-corrected chi connectivity index (χ1v) is 10.0. The standard InChI is InChI=1S/C23H26N4O2/c1-16-14-24-11-10-18(16)19-15-25-26-23(19)20-8-5-6-12-27(20)22(28)13-17-7-3-4-9-21(17)29-2/h3-4,7,9-11,14-15,20H,5-6,8,12-13H2,1-2H3,(H,25,26)/t20-/m0/s1. The van der Waals surface area contributed by atoms with Gasteiger partial charge in [-0.25, -0.2) is 0 Å². The van der Waals surface area contributed by atoms with Crippen LogP contribution in [0.3, 0.4) is 0 Å². The normalized spacial score (nSPS) is 16.6. The summed E-state index contributed by atoms with van der Waals surface area (Å²) in [7, 11) is 1.64. The number of hydrogen-bond acceptors (Lipinski definition) is 4. The van der Waals surface area contributed by atoms with Gasteiger partial charge in [0.05, 0.1) is 31.5 Å². The Kier molecular flexibility index (Phi) is 5.60. The summed E-state index contributed by atoms with van der Waals surface area (Å²) in [6, 6.07) is 9.72. The van der Waals surface area contributed by atoms with Crippen molar-refractivity contribution in [2.24, 2.45) is 0 Å². The average molecular weight is 390 g/mol. The molecule has 6 nitrogen and oxygen atoms in total. The van der Waals surface area contributed by atoms with E-state index < -0.39 is 0 Å². The number of piperidine rings is 1. The molecule has 0 unspecified atom stereocenters. The Morgan fingerprint density at radius 1 is 1.21 bits per heavy atom. The molecule has 3 heterocycles. The average Bonchev–Trinajstić information content (AvgIpc) is 3.24. The van der Waals surface area contributed by atoms with Crippen molar-refractivity contribution in [3.05, 3.63) is 65.7 Å². The number of carbonyl (C=O) groups excluding carboxylic acids is 1. The van der Waals surface area contributed by atoms with Crippen LogP contribution in [0.2, 0.25) is 0 Å². The van der Waals surface area contributed by atoms with Crippen LogP contribution in [0, 0.1) is 6.92 Å². The number of para-hydroxylation sites is 1. The van der Waals surface area contributed by atoms with Crippen molar-refractivity contribution in [3.63, 3.8) is 0 Å². The molecule has 0 saturated carbocycles. The fourth-order valence-corrected chi connectivity index (χ4v) is 4.18. The molecule has 150 valence electrons. The number of benzene rings is 1. The molecule has 1 amide bonds. The molecular formula is C23H26N4O2. The molecule has 2 aromatic heterocycles. The number of aromatic nitrogens is 3. The number of amides is 1. The maximum atomic E-state index is 13.3. The van der Waals surface area contributed by atoms with Crippen LogP contribution in [0.4, 0.5) is 0 Å². The second-order valence-electron chi connectivity index (χ2n) is 7.48. The molecule has 6 heteroatoms. The molecule has 1 fully saturated rings. The third-order valence-corrected chi connectivity index (χ3v) is 5.67. The highest BCUT2D eigenvalue weighted by molar-refractivity contribution is 5.80. The van der Waals surface area contributed by atoms with Gasteiger partial charge in [0.15, 0.2) is 0 Å². The number of rotatable bonds is 5. The molecule has 1 saturated heterocycles. The Morgan fingerprint density at radius 2 is 2.07 bits per heavy atom. The number of methoxy groups -OCH3 is 1. The van der Waals surface area contributed by atoms with Crippen molar-refractivity contribution in [1.82, 2.24) is 20.1 Å². The maximum Gasteiger partial charge on any atom is 0.227 e. The lowest BCUT2D eigenvalue weighted by atomic mass is 9.93. The number of nitrogens with zero attached hydrogens (tertiary/aromatic N) is 3. The van der Waals surface area contributed by atoms with E-state index >= 15 is 0 Å². The Morgan fingerprint density at radius 3 is 2.90 bits per heavy atom. The SMILES string of the molecule is COc1ccccc1CC(=O)N1CCCC[C@H]1c1[nH]ncc1-c1ccncc1C. The molecule has 1 N–H and O–H groups in total.